The molecule has 3 nitrogen and oxygen atoms in total. The van der Waals surface area contributed by atoms with Crippen LogP contribution in [0.3, 0.4) is 0 Å². The van der Waals surface area contributed by atoms with Crippen LogP contribution in [0, 0.1) is 0 Å². The normalized spacial score (nSPS) is 13.6. The van der Waals surface area contributed by atoms with Gasteiger partial charge in [-0.3, -0.25) is 4.79 Å². The first-order valence-corrected chi connectivity index (χ1v) is 8.34. The van der Waals surface area contributed by atoms with Crippen LogP contribution in [0.4, 0.5) is 0 Å². The van der Waals surface area contributed by atoms with Crippen molar-refractivity contribution in [1.29, 1.82) is 0 Å². The molecule has 0 spiro atoms. The molecule has 0 aliphatic heterocycles. The fraction of sp³-hybridized carbons (Fsp3) is 0.421. The topological polar surface area (TPSA) is 34.0 Å². The van der Waals surface area contributed by atoms with Gasteiger partial charge in [0.05, 0.1) is 0 Å². The number of rotatable bonds is 6. The summed E-state index contributed by atoms with van der Waals surface area (Å²) in [5.41, 5.74) is 3.83. The molecule has 0 radical (unpaired) electrons. The second kappa shape index (κ2) is 7.30. The largest absolute Gasteiger partial charge is 0.354 e. The molecular weight excluding hydrogens is 272 g/mol. The Labute approximate surface area is 132 Å². The van der Waals surface area contributed by atoms with Crippen molar-refractivity contribution in [2.24, 2.45) is 0 Å². The Kier molecular flexibility index (Phi) is 4.94. The molecule has 0 fully saturated rings. The predicted molar refractivity (Wildman–Crippen MR) is 89.1 cm³/mol. The zero-order valence-corrected chi connectivity index (χ0v) is 13.1. The summed E-state index contributed by atoms with van der Waals surface area (Å²) in [4.78, 5) is 11.9. The number of aromatic nitrogens is 1. The van der Waals surface area contributed by atoms with Gasteiger partial charge in [0.15, 0.2) is 0 Å². The minimum atomic E-state index is 0.0250. The molecule has 0 unspecified atom stereocenters. The smallest absolute Gasteiger partial charge is 0.251 e. The van der Waals surface area contributed by atoms with Crippen LogP contribution in [0.5, 0.6) is 0 Å². The lowest BCUT2D eigenvalue weighted by atomic mass is 9.96. The van der Waals surface area contributed by atoms with E-state index in [1.165, 1.54) is 25.7 Å². The van der Waals surface area contributed by atoms with Crippen LogP contribution < -0.4 is 5.32 Å². The van der Waals surface area contributed by atoms with Crippen LogP contribution >= 0.6 is 0 Å². The molecule has 1 amide bonds. The number of unbranched alkanes of at least 4 members (excludes halogenated alkanes) is 1. The van der Waals surface area contributed by atoms with E-state index in [4.69, 9.17) is 0 Å². The average Bonchev–Trinajstić information content (AvgIpc) is 2.98. The second-order valence-corrected chi connectivity index (χ2v) is 6.08. The monoisotopic (exact) mass is 296 g/mol. The molecule has 1 aromatic heterocycles. The molecule has 1 aromatic carbocycles. The molecule has 22 heavy (non-hydrogen) atoms. The van der Waals surface area contributed by atoms with Crippen molar-refractivity contribution in [3.8, 4) is 0 Å². The number of carbonyl (C=O) groups is 1. The second-order valence-electron chi connectivity index (χ2n) is 6.08. The van der Waals surface area contributed by atoms with Gasteiger partial charge in [-0.25, -0.2) is 0 Å². The van der Waals surface area contributed by atoms with Crippen molar-refractivity contribution in [1.82, 2.24) is 9.88 Å². The number of aryl methyl sites for hydroxylation is 3. The zero-order chi connectivity index (χ0) is 15.2. The number of fused-ring (bicyclic) bond motifs is 1. The molecule has 1 N–H and O–H groups in total. The minimum Gasteiger partial charge on any atom is -0.354 e. The summed E-state index contributed by atoms with van der Waals surface area (Å²) in [5.74, 6) is 0.0250. The van der Waals surface area contributed by atoms with Gasteiger partial charge in [-0.1, -0.05) is 18.2 Å². The third kappa shape index (κ3) is 3.79. The van der Waals surface area contributed by atoms with Gasteiger partial charge in [0, 0.05) is 31.0 Å². The third-order valence-electron chi connectivity index (χ3n) is 4.36. The number of amides is 1. The highest BCUT2D eigenvalue weighted by molar-refractivity contribution is 5.94. The summed E-state index contributed by atoms with van der Waals surface area (Å²) in [6, 6.07) is 9.40. The van der Waals surface area contributed by atoms with Gasteiger partial charge >= 0.3 is 0 Å². The van der Waals surface area contributed by atoms with E-state index in [1.54, 1.807) is 11.1 Å². The van der Waals surface area contributed by atoms with E-state index < -0.39 is 0 Å². The summed E-state index contributed by atoms with van der Waals surface area (Å²) in [5, 5.41) is 2.99. The first kappa shape index (κ1) is 14.9. The zero-order valence-electron chi connectivity index (χ0n) is 13.1. The number of hydrogen-bond donors (Lipinski definition) is 1. The maximum absolute atomic E-state index is 11.9. The van der Waals surface area contributed by atoms with Gasteiger partial charge < -0.3 is 9.88 Å². The molecule has 3 rings (SSSR count). The summed E-state index contributed by atoms with van der Waals surface area (Å²) in [6.45, 7) is 1.79. The van der Waals surface area contributed by atoms with E-state index >= 15 is 0 Å². The average molecular weight is 296 g/mol. The van der Waals surface area contributed by atoms with Gasteiger partial charge in [0.25, 0.3) is 5.91 Å². The number of hydrogen-bond acceptors (Lipinski definition) is 1. The lowest BCUT2D eigenvalue weighted by Gasteiger charge is -2.08. The van der Waals surface area contributed by atoms with Crippen LogP contribution in [-0.4, -0.2) is 17.0 Å². The molecule has 116 valence electrons. The fourth-order valence-corrected chi connectivity index (χ4v) is 3.13. The van der Waals surface area contributed by atoms with Crippen LogP contribution in [0.15, 0.2) is 42.7 Å². The molecule has 1 heterocycles. The Morgan fingerprint density at radius 1 is 1.00 bits per heavy atom. The van der Waals surface area contributed by atoms with Crippen LogP contribution in [0.1, 0.15) is 47.2 Å². The third-order valence-corrected chi connectivity index (χ3v) is 4.36. The van der Waals surface area contributed by atoms with Gasteiger partial charge in [0.1, 0.15) is 0 Å². The van der Waals surface area contributed by atoms with Crippen molar-refractivity contribution in [3.05, 3.63) is 59.4 Å². The highest BCUT2D eigenvalue weighted by atomic mass is 16.1. The Morgan fingerprint density at radius 3 is 2.36 bits per heavy atom. The van der Waals surface area contributed by atoms with Crippen LogP contribution in [0.25, 0.3) is 0 Å². The van der Waals surface area contributed by atoms with E-state index in [9.17, 15) is 4.79 Å². The van der Waals surface area contributed by atoms with E-state index in [0.29, 0.717) is 0 Å². The lowest BCUT2D eigenvalue weighted by Crippen LogP contribution is -2.24. The van der Waals surface area contributed by atoms with Crippen LogP contribution in [0.2, 0.25) is 0 Å². The van der Waals surface area contributed by atoms with Crippen molar-refractivity contribution < 1.29 is 4.79 Å². The molecule has 3 heteroatoms. The Bertz CT molecular complexity index is 592. The van der Waals surface area contributed by atoms with Gasteiger partial charge in [-0.2, -0.15) is 0 Å². The molecule has 1 aliphatic rings. The summed E-state index contributed by atoms with van der Waals surface area (Å²) < 4.78 is 2.33. The summed E-state index contributed by atoms with van der Waals surface area (Å²) in [7, 11) is 0. The molecule has 0 saturated carbocycles. The highest BCUT2D eigenvalue weighted by Crippen LogP contribution is 2.22. The maximum Gasteiger partial charge on any atom is 0.251 e. The van der Waals surface area contributed by atoms with E-state index in [0.717, 1.165) is 31.5 Å². The first-order chi connectivity index (χ1) is 10.8. The van der Waals surface area contributed by atoms with Gasteiger partial charge in [-0.05, 0) is 61.8 Å². The standard InChI is InChI=1S/C19H24N2O/c22-19(16-8-2-1-3-9-16)20-12-6-7-13-21-14-17-10-4-5-11-18(17)15-21/h1-3,8-9,14-15H,4-7,10-13H2,(H,20,22). The number of benzene rings is 1. The molecule has 0 bridgehead atoms. The maximum atomic E-state index is 11.9. The Hall–Kier alpha value is -2.03. The SMILES string of the molecule is O=C(NCCCCn1cc2c(c1)CCCC2)c1ccccc1. The number of carbonyl (C=O) groups excluding carboxylic acids is 1. The highest BCUT2D eigenvalue weighted by Gasteiger charge is 2.11. The summed E-state index contributed by atoms with van der Waals surface area (Å²) in [6.07, 6.45) is 11.9. The number of nitrogens with zero attached hydrogens (tertiary/aromatic N) is 1. The van der Waals surface area contributed by atoms with E-state index in [1.807, 2.05) is 30.3 Å². The van der Waals surface area contributed by atoms with Gasteiger partial charge in [-0.15, -0.1) is 0 Å². The molecule has 2 aromatic rings. The van der Waals surface area contributed by atoms with Gasteiger partial charge in [0.2, 0.25) is 0 Å². The van der Waals surface area contributed by atoms with Crippen LogP contribution in [-0.2, 0) is 19.4 Å². The molecule has 0 atom stereocenters. The molecule has 1 aliphatic carbocycles. The van der Waals surface area contributed by atoms with E-state index in [-0.39, 0.29) is 5.91 Å². The molecule has 0 saturated heterocycles. The van der Waals surface area contributed by atoms with Crippen molar-refractivity contribution in [2.75, 3.05) is 6.54 Å². The summed E-state index contributed by atoms with van der Waals surface area (Å²) >= 11 is 0. The quantitative estimate of drug-likeness (QED) is 0.812. The molecular formula is C19H24N2O. The first-order valence-electron chi connectivity index (χ1n) is 8.34. The van der Waals surface area contributed by atoms with E-state index in [2.05, 4.69) is 22.3 Å². The minimum absolute atomic E-state index is 0.0250. The van der Waals surface area contributed by atoms with Crippen molar-refractivity contribution >= 4 is 5.91 Å². The van der Waals surface area contributed by atoms with Crippen molar-refractivity contribution in [2.45, 2.75) is 45.1 Å². The number of nitrogens with one attached hydrogen (secondary N) is 1. The lowest BCUT2D eigenvalue weighted by molar-refractivity contribution is 0.0953. The predicted octanol–water partition coefficient (Wildman–Crippen LogP) is 3.58. The Morgan fingerprint density at radius 2 is 1.68 bits per heavy atom. The fourth-order valence-electron chi connectivity index (χ4n) is 3.13. The Balaban J connectivity index is 1.37. The van der Waals surface area contributed by atoms with Crippen molar-refractivity contribution in [3.63, 3.8) is 0 Å².